The predicted octanol–water partition coefficient (Wildman–Crippen LogP) is 9.56. The summed E-state index contributed by atoms with van der Waals surface area (Å²) in [4.78, 5) is 14.8. The average Bonchev–Trinajstić information content (AvgIpc) is 3.33. The molecule has 4 nitrogen and oxygen atoms in total. The van der Waals surface area contributed by atoms with Crippen molar-refractivity contribution < 1.29 is 13.2 Å². The molecule has 1 aromatic heterocycles. The third kappa shape index (κ3) is 23.3. The normalized spacial score (nSPS) is 11.4. The zero-order chi connectivity index (χ0) is 30.5. The van der Waals surface area contributed by atoms with Crippen LogP contribution >= 0.6 is 0 Å². The van der Waals surface area contributed by atoms with Crippen LogP contribution in [0.15, 0.2) is 53.7 Å². The van der Waals surface area contributed by atoms with Crippen molar-refractivity contribution in [2.24, 2.45) is 11.3 Å². The van der Waals surface area contributed by atoms with Gasteiger partial charge in [-0.1, -0.05) is 106 Å². The molecule has 0 unspecified atom stereocenters. The van der Waals surface area contributed by atoms with Crippen molar-refractivity contribution in [2.45, 2.75) is 119 Å². The summed E-state index contributed by atoms with van der Waals surface area (Å²) < 4.78 is 22.4. The van der Waals surface area contributed by atoms with Gasteiger partial charge in [-0.25, -0.2) is 8.42 Å². The van der Waals surface area contributed by atoms with E-state index in [1.165, 1.54) is 43.1 Å². The summed E-state index contributed by atoms with van der Waals surface area (Å²) in [6.07, 6.45) is 17.0. The third-order valence-corrected chi connectivity index (χ3v) is 6.75. The van der Waals surface area contributed by atoms with Crippen molar-refractivity contribution in [3.8, 4) is 0 Å². The number of benzene rings is 1. The molecule has 0 aliphatic heterocycles. The van der Waals surface area contributed by atoms with Crippen LogP contribution in [-0.4, -0.2) is 25.4 Å². The van der Waals surface area contributed by atoms with E-state index >= 15 is 0 Å². The third-order valence-electron chi connectivity index (χ3n) is 5.64. The highest BCUT2D eigenvalue weighted by Crippen LogP contribution is 2.22. The second-order valence-electron chi connectivity index (χ2n) is 11.5. The van der Waals surface area contributed by atoms with Crippen molar-refractivity contribution in [1.82, 2.24) is 4.98 Å². The highest BCUT2D eigenvalue weighted by molar-refractivity contribution is 7.90. The van der Waals surface area contributed by atoms with Gasteiger partial charge in [0.25, 0.3) is 0 Å². The maximum atomic E-state index is 11.2. The van der Waals surface area contributed by atoms with Gasteiger partial charge in [-0.15, -0.1) is 0 Å². The molecule has 3 rings (SSSR count). The molecule has 0 radical (unpaired) electrons. The summed E-state index contributed by atoms with van der Waals surface area (Å²) in [5.74, 6) is 1.16. The molecule has 1 aliphatic carbocycles. The number of fused-ring (bicyclic) bond motifs is 1. The number of aryl methyl sites for hydroxylation is 1. The number of hydrogen-bond acceptors (Lipinski definition) is 4. The molecule has 222 valence electrons. The number of carbonyl (C=O) groups excluding carboxylic acids is 1. The van der Waals surface area contributed by atoms with E-state index in [0.29, 0.717) is 11.3 Å². The van der Waals surface area contributed by atoms with Gasteiger partial charge in [-0.05, 0) is 72.1 Å². The van der Waals surface area contributed by atoms with E-state index in [2.05, 4.69) is 67.3 Å². The summed E-state index contributed by atoms with van der Waals surface area (Å²) in [5, 5.41) is 0. The number of pyridine rings is 1. The zero-order valence-electron chi connectivity index (χ0n) is 26.8. The fourth-order valence-electron chi connectivity index (χ4n) is 3.18. The van der Waals surface area contributed by atoms with E-state index in [-0.39, 0.29) is 11.2 Å². The molecule has 1 aliphatic rings. The topological polar surface area (TPSA) is 64.1 Å². The van der Waals surface area contributed by atoms with Gasteiger partial charge < -0.3 is 4.79 Å². The van der Waals surface area contributed by atoms with E-state index < -0.39 is 9.84 Å². The van der Waals surface area contributed by atoms with Gasteiger partial charge in [-0.3, -0.25) is 4.98 Å². The van der Waals surface area contributed by atoms with Crippen LogP contribution in [0.3, 0.4) is 0 Å². The summed E-state index contributed by atoms with van der Waals surface area (Å²) >= 11 is 0. The van der Waals surface area contributed by atoms with Crippen LogP contribution in [0.25, 0.3) is 6.08 Å². The lowest BCUT2D eigenvalue weighted by Gasteiger charge is -2.14. The lowest BCUT2D eigenvalue weighted by molar-refractivity contribution is -0.118. The Hall–Kier alpha value is -2.27. The molecule has 2 aromatic rings. The van der Waals surface area contributed by atoms with E-state index in [1.54, 1.807) is 19.1 Å². The number of rotatable bonds is 6. The lowest BCUT2D eigenvalue weighted by Crippen LogP contribution is -2.09. The van der Waals surface area contributed by atoms with Gasteiger partial charge >= 0.3 is 0 Å². The number of allylic oxidation sites excluding steroid dienone is 1. The van der Waals surface area contributed by atoms with Crippen molar-refractivity contribution in [3.05, 3.63) is 65.5 Å². The van der Waals surface area contributed by atoms with Crippen molar-refractivity contribution in [1.29, 1.82) is 0 Å². The molecule has 0 bridgehead atoms. The number of hydrogen-bond donors (Lipinski definition) is 0. The van der Waals surface area contributed by atoms with Gasteiger partial charge in [0.05, 0.1) is 4.90 Å². The van der Waals surface area contributed by atoms with Crippen LogP contribution in [0.4, 0.5) is 0 Å². The zero-order valence-corrected chi connectivity index (χ0v) is 27.6. The summed E-state index contributed by atoms with van der Waals surface area (Å²) in [5.41, 5.74) is 3.75. The number of aromatic nitrogens is 1. The van der Waals surface area contributed by atoms with Crippen LogP contribution in [0.1, 0.15) is 118 Å². The van der Waals surface area contributed by atoms with Gasteiger partial charge in [0.2, 0.25) is 0 Å². The number of unbranched alkanes of at least 4 members (excludes halogenated alkanes) is 2. The minimum atomic E-state index is -3.06. The highest BCUT2D eigenvalue weighted by atomic mass is 32.2. The summed E-state index contributed by atoms with van der Waals surface area (Å²) in [7, 11) is -3.06. The monoisotopic (exact) mass is 559 g/mol. The molecule has 0 spiro atoms. The first kappa shape index (κ1) is 38.9. The molecule has 1 aromatic carbocycles. The Morgan fingerprint density at radius 1 is 0.974 bits per heavy atom. The van der Waals surface area contributed by atoms with E-state index in [4.69, 9.17) is 0 Å². The minimum absolute atomic E-state index is 0.172. The number of nitrogens with zero attached hydrogens (tertiary/aromatic N) is 1. The molecule has 0 amide bonds. The number of sulfone groups is 1. The molecule has 0 atom stereocenters. The Balaban J connectivity index is 0. The van der Waals surface area contributed by atoms with Crippen molar-refractivity contribution >= 4 is 21.7 Å². The maximum absolute atomic E-state index is 11.2. The van der Waals surface area contributed by atoms with E-state index in [1.807, 2.05) is 42.7 Å². The van der Waals surface area contributed by atoms with Gasteiger partial charge in [0.1, 0.15) is 5.78 Å². The molecule has 0 fully saturated rings. The molecular formula is C34H57NO3S. The quantitative estimate of drug-likeness (QED) is 0.353. The van der Waals surface area contributed by atoms with Crippen LogP contribution < -0.4 is 0 Å². The Kier molecular flexibility index (Phi) is 21.5. The van der Waals surface area contributed by atoms with Crippen molar-refractivity contribution in [3.63, 3.8) is 0 Å². The number of ketones is 1. The predicted molar refractivity (Wildman–Crippen MR) is 171 cm³/mol. The summed E-state index contributed by atoms with van der Waals surface area (Å²) in [6, 6.07) is 9.33. The number of carbonyl (C=O) groups is 1. The largest absolute Gasteiger partial charge is 0.300 e. The van der Waals surface area contributed by atoms with Crippen molar-refractivity contribution in [2.75, 3.05) is 6.26 Å². The Morgan fingerprint density at radius 2 is 1.51 bits per heavy atom. The first-order chi connectivity index (χ1) is 18.1. The molecule has 0 N–H and O–H groups in total. The van der Waals surface area contributed by atoms with Gasteiger partial charge in [-0.2, -0.15) is 0 Å². The first-order valence-corrected chi connectivity index (χ1v) is 16.4. The van der Waals surface area contributed by atoms with E-state index in [9.17, 15) is 13.2 Å². The Labute approximate surface area is 241 Å². The average molecular weight is 560 g/mol. The van der Waals surface area contributed by atoms with Gasteiger partial charge in [0.15, 0.2) is 9.84 Å². The van der Waals surface area contributed by atoms with Crippen LogP contribution in [0, 0.1) is 11.3 Å². The minimum Gasteiger partial charge on any atom is -0.300 e. The van der Waals surface area contributed by atoms with Crippen LogP contribution in [-0.2, 0) is 27.5 Å². The highest BCUT2D eigenvalue weighted by Gasteiger charge is 2.12. The maximum Gasteiger partial charge on any atom is 0.175 e. The summed E-state index contributed by atoms with van der Waals surface area (Å²) in [6.45, 7) is 21.0. The molecular weight excluding hydrogens is 502 g/mol. The van der Waals surface area contributed by atoms with Crippen LogP contribution in [0.5, 0.6) is 0 Å². The SMILES string of the molecule is CC(=O)CC(C)(C)C.CCC(C)C.CCCCC.CCc1ccncc1.CS(=O)(=O)c1ccc2c(c1)C=CC2. The molecule has 0 saturated heterocycles. The van der Waals surface area contributed by atoms with Crippen LogP contribution in [0.2, 0.25) is 0 Å². The lowest BCUT2D eigenvalue weighted by atomic mass is 9.91. The first-order valence-electron chi connectivity index (χ1n) is 14.5. The smallest absolute Gasteiger partial charge is 0.175 e. The molecule has 1 heterocycles. The fraction of sp³-hybridized carbons (Fsp3) is 0.588. The second kappa shape index (κ2) is 21.5. The Morgan fingerprint density at radius 3 is 1.82 bits per heavy atom. The Bertz CT molecular complexity index is 1030. The second-order valence-corrected chi connectivity index (χ2v) is 13.6. The van der Waals surface area contributed by atoms with Gasteiger partial charge in [0, 0.05) is 25.1 Å². The molecule has 5 heteroatoms. The molecule has 0 saturated carbocycles. The standard InChI is InChI=1S/C10H10O2S.C7H9N.C7H14O.2C5H12/c1-13(11,12)10-6-5-8-3-2-4-9(8)7-10;1-2-7-3-5-8-6-4-7;1-6(8)5-7(2,3)4;1-4-5(2)3;1-3-5-4-2/h2,4-7H,3H2,1H3;3-6H,2H2,1H3;5H2,1-4H3;5H,4H2,1-3H3;3-5H2,1-2H3. The fourth-order valence-corrected chi connectivity index (χ4v) is 3.83. The number of Topliss-reactive ketones (excluding diaryl/α,β-unsaturated/α-hetero) is 1. The van der Waals surface area contributed by atoms with E-state index in [0.717, 1.165) is 24.3 Å². The molecule has 39 heavy (non-hydrogen) atoms.